The fourth-order valence-corrected chi connectivity index (χ4v) is 2.77. The molecular formula is C15H16FN3O2. The van der Waals surface area contributed by atoms with Crippen molar-refractivity contribution in [1.82, 2.24) is 9.88 Å². The molecule has 0 aliphatic carbocycles. The summed E-state index contributed by atoms with van der Waals surface area (Å²) in [4.78, 5) is 28.5. The first-order valence-corrected chi connectivity index (χ1v) is 6.92. The lowest BCUT2D eigenvalue weighted by molar-refractivity contribution is 0.0710. The molecule has 1 unspecified atom stereocenters. The van der Waals surface area contributed by atoms with E-state index in [1.165, 1.54) is 24.3 Å². The van der Waals surface area contributed by atoms with Crippen LogP contribution in [0.25, 0.3) is 10.9 Å². The Kier molecular flexibility index (Phi) is 3.47. The van der Waals surface area contributed by atoms with Crippen molar-refractivity contribution in [3.63, 3.8) is 0 Å². The van der Waals surface area contributed by atoms with Gasteiger partial charge >= 0.3 is 0 Å². The van der Waals surface area contributed by atoms with E-state index in [-0.39, 0.29) is 11.9 Å². The molecule has 1 aliphatic rings. The molecule has 3 rings (SSSR count). The van der Waals surface area contributed by atoms with Crippen LogP contribution in [0.4, 0.5) is 4.39 Å². The van der Waals surface area contributed by atoms with Crippen LogP contribution in [0.1, 0.15) is 23.2 Å². The Morgan fingerprint density at radius 1 is 1.38 bits per heavy atom. The summed E-state index contributed by atoms with van der Waals surface area (Å²) in [5.41, 5.74) is 6.09. The largest absolute Gasteiger partial charge is 0.337 e. The van der Waals surface area contributed by atoms with Gasteiger partial charge in [0.1, 0.15) is 5.82 Å². The predicted octanol–water partition coefficient (Wildman–Crippen LogP) is 1.23. The van der Waals surface area contributed by atoms with Crippen LogP contribution in [0, 0.1) is 5.82 Å². The van der Waals surface area contributed by atoms with Crippen LogP contribution in [0.2, 0.25) is 0 Å². The van der Waals surface area contributed by atoms with Crippen LogP contribution in [0.3, 0.4) is 0 Å². The highest BCUT2D eigenvalue weighted by atomic mass is 19.1. The van der Waals surface area contributed by atoms with Crippen molar-refractivity contribution < 1.29 is 9.18 Å². The molecule has 1 atom stereocenters. The lowest BCUT2D eigenvalue weighted by atomic mass is 10.0. The van der Waals surface area contributed by atoms with Gasteiger partial charge in [0.05, 0.1) is 11.1 Å². The molecule has 1 aromatic carbocycles. The van der Waals surface area contributed by atoms with Gasteiger partial charge in [-0.3, -0.25) is 9.59 Å². The number of fused-ring (bicyclic) bond motifs is 1. The normalized spacial score (nSPS) is 19.0. The summed E-state index contributed by atoms with van der Waals surface area (Å²) >= 11 is 0. The van der Waals surface area contributed by atoms with Gasteiger partial charge in [0.15, 0.2) is 0 Å². The Labute approximate surface area is 120 Å². The van der Waals surface area contributed by atoms with E-state index in [0.29, 0.717) is 29.6 Å². The number of aromatic amines is 1. The number of aromatic nitrogens is 1. The van der Waals surface area contributed by atoms with E-state index in [0.717, 1.165) is 12.8 Å². The number of nitrogens with zero attached hydrogens (tertiary/aromatic N) is 1. The van der Waals surface area contributed by atoms with E-state index < -0.39 is 11.4 Å². The number of hydrogen-bond acceptors (Lipinski definition) is 3. The number of carbonyl (C=O) groups is 1. The standard InChI is InChI=1S/C15H16FN3O2/c16-9-3-4-11-12(7-14(20)18-13(11)6-9)15(21)19-5-1-2-10(17)8-19/h3-4,6-7,10H,1-2,5,8,17H2,(H,18,20). The van der Waals surface area contributed by atoms with Crippen molar-refractivity contribution in [3.8, 4) is 0 Å². The first-order valence-electron chi connectivity index (χ1n) is 6.92. The van der Waals surface area contributed by atoms with E-state index in [1.54, 1.807) is 4.90 Å². The Balaban J connectivity index is 2.07. The molecule has 5 nitrogen and oxygen atoms in total. The maximum Gasteiger partial charge on any atom is 0.254 e. The number of piperidine rings is 1. The molecule has 21 heavy (non-hydrogen) atoms. The monoisotopic (exact) mass is 289 g/mol. The van der Waals surface area contributed by atoms with E-state index in [2.05, 4.69) is 4.98 Å². The van der Waals surface area contributed by atoms with Crippen LogP contribution in [0.15, 0.2) is 29.1 Å². The number of halogens is 1. The van der Waals surface area contributed by atoms with Crippen molar-refractivity contribution in [3.05, 3.63) is 46.0 Å². The number of benzene rings is 1. The van der Waals surface area contributed by atoms with Crippen LogP contribution < -0.4 is 11.3 Å². The SMILES string of the molecule is NC1CCCN(C(=O)c2cc(=O)[nH]c3cc(F)ccc23)C1. The highest BCUT2D eigenvalue weighted by Crippen LogP contribution is 2.19. The average Bonchev–Trinajstić information content (AvgIpc) is 2.45. The first kappa shape index (κ1) is 13.8. The molecule has 1 saturated heterocycles. The van der Waals surface area contributed by atoms with E-state index >= 15 is 0 Å². The fraction of sp³-hybridized carbons (Fsp3) is 0.333. The molecule has 0 saturated carbocycles. The zero-order valence-electron chi connectivity index (χ0n) is 11.4. The molecule has 110 valence electrons. The number of likely N-dealkylation sites (tertiary alicyclic amines) is 1. The lowest BCUT2D eigenvalue weighted by Gasteiger charge is -2.31. The molecular weight excluding hydrogens is 273 g/mol. The molecule has 0 spiro atoms. The van der Waals surface area contributed by atoms with Crippen LogP contribution in [0.5, 0.6) is 0 Å². The number of amides is 1. The van der Waals surface area contributed by atoms with E-state index in [4.69, 9.17) is 5.73 Å². The lowest BCUT2D eigenvalue weighted by Crippen LogP contribution is -2.45. The third-order valence-electron chi connectivity index (χ3n) is 3.78. The molecule has 2 heterocycles. The Hall–Kier alpha value is -2.21. The quantitative estimate of drug-likeness (QED) is 0.828. The Morgan fingerprint density at radius 3 is 2.95 bits per heavy atom. The predicted molar refractivity (Wildman–Crippen MR) is 77.6 cm³/mol. The van der Waals surface area contributed by atoms with Crippen molar-refractivity contribution in [2.45, 2.75) is 18.9 Å². The number of pyridine rings is 1. The number of rotatable bonds is 1. The minimum Gasteiger partial charge on any atom is -0.337 e. The van der Waals surface area contributed by atoms with E-state index in [1.807, 2.05) is 0 Å². The molecule has 2 aromatic rings. The number of carbonyl (C=O) groups excluding carboxylic acids is 1. The van der Waals surface area contributed by atoms with Crippen LogP contribution in [-0.4, -0.2) is 34.9 Å². The van der Waals surface area contributed by atoms with Gasteiger partial charge in [0.2, 0.25) is 5.56 Å². The summed E-state index contributed by atoms with van der Waals surface area (Å²) in [5, 5.41) is 0.542. The Bertz CT molecular complexity index is 756. The highest BCUT2D eigenvalue weighted by molar-refractivity contribution is 6.06. The van der Waals surface area contributed by atoms with Crippen molar-refractivity contribution in [2.75, 3.05) is 13.1 Å². The Morgan fingerprint density at radius 2 is 2.19 bits per heavy atom. The van der Waals surface area contributed by atoms with Crippen LogP contribution in [-0.2, 0) is 0 Å². The third-order valence-corrected chi connectivity index (χ3v) is 3.78. The van der Waals surface area contributed by atoms with Gasteiger partial charge in [0, 0.05) is 30.6 Å². The second-order valence-corrected chi connectivity index (χ2v) is 5.39. The topological polar surface area (TPSA) is 79.2 Å². The smallest absolute Gasteiger partial charge is 0.254 e. The second-order valence-electron chi connectivity index (χ2n) is 5.39. The maximum atomic E-state index is 13.3. The summed E-state index contributed by atoms with van der Waals surface area (Å²) in [6.07, 6.45) is 1.74. The highest BCUT2D eigenvalue weighted by Gasteiger charge is 2.24. The third kappa shape index (κ3) is 2.67. The minimum atomic E-state index is -0.456. The second kappa shape index (κ2) is 5.29. The molecule has 0 bridgehead atoms. The fourth-order valence-electron chi connectivity index (χ4n) is 2.77. The first-order chi connectivity index (χ1) is 10.0. The van der Waals surface area contributed by atoms with Gasteiger partial charge in [-0.25, -0.2) is 4.39 Å². The summed E-state index contributed by atoms with van der Waals surface area (Å²) in [6, 6.07) is 5.24. The molecule has 3 N–H and O–H groups in total. The van der Waals surface area contributed by atoms with Gasteiger partial charge in [0.25, 0.3) is 5.91 Å². The van der Waals surface area contributed by atoms with Gasteiger partial charge in [-0.1, -0.05) is 0 Å². The van der Waals surface area contributed by atoms with Gasteiger partial charge in [-0.2, -0.15) is 0 Å². The maximum absolute atomic E-state index is 13.3. The molecule has 6 heteroatoms. The zero-order valence-corrected chi connectivity index (χ0v) is 11.4. The summed E-state index contributed by atoms with van der Waals surface area (Å²) in [6.45, 7) is 1.11. The number of hydrogen-bond donors (Lipinski definition) is 2. The summed E-state index contributed by atoms with van der Waals surface area (Å²) < 4.78 is 13.3. The van der Waals surface area contributed by atoms with E-state index in [9.17, 15) is 14.0 Å². The number of nitrogens with two attached hydrogens (primary N) is 1. The summed E-state index contributed by atoms with van der Waals surface area (Å²) in [5.74, 6) is -0.685. The molecule has 1 amide bonds. The molecule has 1 aromatic heterocycles. The summed E-state index contributed by atoms with van der Waals surface area (Å²) in [7, 11) is 0. The van der Waals surface area contributed by atoms with Gasteiger partial charge in [-0.15, -0.1) is 0 Å². The minimum absolute atomic E-state index is 0.0339. The molecule has 1 fully saturated rings. The average molecular weight is 289 g/mol. The van der Waals surface area contributed by atoms with Crippen molar-refractivity contribution in [1.29, 1.82) is 0 Å². The van der Waals surface area contributed by atoms with Crippen molar-refractivity contribution >= 4 is 16.8 Å². The zero-order chi connectivity index (χ0) is 15.0. The van der Waals surface area contributed by atoms with Gasteiger partial charge < -0.3 is 15.6 Å². The van der Waals surface area contributed by atoms with Gasteiger partial charge in [-0.05, 0) is 31.0 Å². The van der Waals surface area contributed by atoms with Crippen molar-refractivity contribution in [2.24, 2.45) is 5.73 Å². The number of H-pyrrole nitrogens is 1. The number of nitrogens with one attached hydrogen (secondary N) is 1. The van der Waals surface area contributed by atoms with Crippen LogP contribution >= 0.6 is 0 Å². The molecule has 0 radical (unpaired) electrons. The molecule has 1 aliphatic heterocycles.